The van der Waals surface area contributed by atoms with E-state index in [2.05, 4.69) is 10.1 Å². The topological polar surface area (TPSA) is 47.8 Å². The molecule has 0 saturated heterocycles. The number of hydrogen-bond acceptors (Lipinski definition) is 3. The molecule has 0 N–H and O–H groups in total. The highest BCUT2D eigenvalue weighted by Gasteiger charge is 2.30. The summed E-state index contributed by atoms with van der Waals surface area (Å²) >= 11 is 0. The van der Waals surface area contributed by atoms with Crippen LogP contribution in [0.2, 0.25) is 0 Å². The van der Waals surface area contributed by atoms with Crippen LogP contribution in [0.15, 0.2) is 23.3 Å². The second-order valence-electron chi connectivity index (χ2n) is 5.15. The van der Waals surface area contributed by atoms with Crippen molar-refractivity contribution in [3.05, 3.63) is 51.1 Å². The molecule has 2 heterocycles. The zero-order valence-corrected chi connectivity index (χ0v) is 12.4. The third-order valence-corrected chi connectivity index (χ3v) is 3.29. The molecular formula is C15H17F2N3O. The van der Waals surface area contributed by atoms with Crippen molar-refractivity contribution in [2.75, 3.05) is 0 Å². The van der Waals surface area contributed by atoms with Gasteiger partial charge in [0.25, 0.3) is 11.5 Å². The molecule has 0 fully saturated rings. The number of halogens is 2. The lowest BCUT2D eigenvalue weighted by Gasteiger charge is -2.16. The first-order chi connectivity index (χ1) is 9.75. The minimum Gasteiger partial charge on any atom is -0.267 e. The van der Waals surface area contributed by atoms with Crippen molar-refractivity contribution in [1.82, 2.24) is 14.8 Å². The molecule has 2 aromatic rings. The molecule has 0 spiro atoms. The van der Waals surface area contributed by atoms with Crippen LogP contribution in [0.5, 0.6) is 0 Å². The number of hydrogen-bond donors (Lipinski definition) is 0. The lowest BCUT2D eigenvalue weighted by Crippen LogP contribution is -2.30. The summed E-state index contributed by atoms with van der Waals surface area (Å²) in [4.78, 5) is 16.6. The minimum absolute atomic E-state index is 0.0688. The van der Waals surface area contributed by atoms with E-state index in [1.54, 1.807) is 20.0 Å². The van der Waals surface area contributed by atoms with E-state index in [1.807, 2.05) is 13.0 Å². The average molecular weight is 293 g/mol. The van der Waals surface area contributed by atoms with Crippen LogP contribution in [-0.4, -0.2) is 14.8 Å². The summed E-state index contributed by atoms with van der Waals surface area (Å²) < 4.78 is 28.2. The minimum atomic E-state index is -3.09. The molecule has 0 unspecified atom stereocenters. The summed E-state index contributed by atoms with van der Waals surface area (Å²) in [6.07, 6.45) is 2.89. The summed E-state index contributed by atoms with van der Waals surface area (Å²) in [5.41, 5.74) is 0.922. The van der Waals surface area contributed by atoms with Crippen LogP contribution in [0.4, 0.5) is 8.78 Å². The normalized spacial score (nSPS) is 11.7. The number of aryl methyl sites for hydroxylation is 2. The van der Waals surface area contributed by atoms with E-state index < -0.39 is 11.5 Å². The molecule has 0 aromatic carbocycles. The largest absolute Gasteiger partial charge is 0.276 e. The maximum atomic E-state index is 13.5. The highest BCUT2D eigenvalue weighted by atomic mass is 19.3. The van der Waals surface area contributed by atoms with Gasteiger partial charge in [-0.15, -0.1) is 0 Å². The van der Waals surface area contributed by atoms with Crippen molar-refractivity contribution in [3.8, 4) is 5.82 Å². The molecule has 0 amide bonds. The summed E-state index contributed by atoms with van der Waals surface area (Å²) in [5.74, 6) is -2.72. The van der Waals surface area contributed by atoms with Gasteiger partial charge in [-0.1, -0.05) is 13.0 Å². The third kappa shape index (κ3) is 2.84. The van der Waals surface area contributed by atoms with E-state index in [-0.39, 0.29) is 17.5 Å². The second-order valence-corrected chi connectivity index (χ2v) is 5.15. The zero-order valence-electron chi connectivity index (χ0n) is 12.4. The van der Waals surface area contributed by atoms with Gasteiger partial charge in [0.05, 0.1) is 6.20 Å². The van der Waals surface area contributed by atoms with E-state index in [4.69, 9.17) is 0 Å². The molecule has 0 aliphatic carbocycles. The van der Waals surface area contributed by atoms with E-state index in [9.17, 15) is 13.6 Å². The molecule has 0 aliphatic rings. The Balaban J connectivity index is 2.70. The lowest BCUT2D eigenvalue weighted by molar-refractivity contribution is 0.0158. The van der Waals surface area contributed by atoms with E-state index in [0.717, 1.165) is 28.9 Å². The first kappa shape index (κ1) is 15.3. The summed E-state index contributed by atoms with van der Waals surface area (Å²) in [5, 5.41) is 3.88. The van der Waals surface area contributed by atoms with Crippen molar-refractivity contribution >= 4 is 0 Å². The van der Waals surface area contributed by atoms with E-state index in [1.165, 1.54) is 0 Å². The fourth-order valence-electron chi connectivity index (χ4n) is 2.29. The Labute approximate surface area is 121 Å². The summed E-state index contributed by atoms with van der Waals surface area (Å²) in [6, 6.07) is 1.87. The smallest absolute Gasteiger partial charge is 0.267 e. The Bertz CT molecular complexity index is 733. The van der Waals surface area contributed by atoms with Gasteiger partial charge in [-0.05, 0) is 31.4 Å². The van der Waals surface area contributed by atoms with Crippen molar-refractivity contribution in [2.24, 2.45) is 0 Å². The molecule has 6 heteroatoms. The quantitative estimate of drug-likeness (QED) is 0.874. The predicted molar refractivity (Wildman–Crippen MR) is 76.0 cm³/mol. The fourth-order valence-corrected chi connectivity index (χ4v) is 2.29. The molecule has 21 heavy (non-hydrogen) atoms. The van der Waals surface area contributed by atoms with Crippen LogP contribution in [0.3, 0.4) is 0 Å². The van der Waals surface area contributed by atoms with Crippen molar-refractivity contribution < 1.29 is 8.78 Å². The van der Waals surface area contributed by atoms with Crippen molar-refractivity contribution in [3.63, 3.8) is 0 Å². The SMILES string of the molecule is CCc1c(C(C)(F)F)cnn(-c2ncc(C)cc2C)c1=O. The number of aromatic nitrogens is 3. The highest BCUT2D eigenvalue weighted by molar-refractivity contribution is 5.36. The summed E-state index contributed by atoms with van der Waals surface area (Å²) in [6.45, 7) is 6.13. The highest BCUT2D eigenvalue weighted by Crippen LogP contribution is 2.28. The second kappa shape index (κ2) is 5.35. The molecule has 0 radical (unpaired) electrons. The van der Waals surface area contributed by atoms with Gasteiger partial charge in [0.15, 0.2) is 5.82 Å². The van der Waals surface area contributed by atoms with Crippen LogP contribution >= 0.6 is 0 Å². The zero-order chi connectivity index (χ0) is 15.8. The molecule has 0 bridgehead atoms. The molecular weight excluding hydrogens is 276 g/mol. The monoisotopic (exact) mass is 293 g/mol. The maximum absolute atomic E-state index is 13.5. The molecule has 0 saturated carbocycles. The van der Waals surface area contributed by atoms with Crippen LogP contribution < -0.4 is 5.56 Å². The Kier molecular flexibility index (Phi) is 3.89. The van der Waals surface area contributed by atoms with Crippen LogP contribution in [-0.2, 0) is 12.3 Å². The lowest BCUT2D eigenvalue weighted by atomic mass is 10.0. The predicted octanol–water partition coefficient (Wildman–Crippen LogP) is 2.92. The molecule has 2 rings (SSSR count). The summed E-state index contributed by atoms with van der Waals surface area (Å²) in [7, 11) is 0. The maximum Gasteiger partial charge on any atom is 0.276 e. The number of nitrogens with zero attached hydrogens (tertiary/aromatic N) is 3. The van der Waals surface area contributed by atoms with Gasteiger partial charge < -0.3 is 0 Å². The first-order valence-electron chi connectivity index (χ1n) is 6.68. The Morgan fingerprint density at radius 1 is 1.29 bits per heavy atom. The standard InChI is InChI=1S/C15H17F2N3O/c1-5-11-12(15(4,16)17)8-19-20(14(11)21)13-10(3)6-9(2)7-18-13/h6-8H,5H2,1-4H3. The van der Waals surface area contributed by atoms with Gasteiger partial charge in [0, 0.05) is 24.2 Å². The van der Waals surface area contributed by atoms with Crippen LogP contribution in [0.25, 0.3) is 5.82 Å². The van der Waals surface area contributed by atoms with Gasteiger partial charge in [-0.25, -0.2) is 13.8 Å². The van der Waals surface area contributed by atoms with Gasteiger partial charge in [-0.3, -0.25) is 4.79 Å². The van der Waals surface area contributed by atoms with E-state index >= 15 is 0 Å². The molecule has 0 aliphatic heterocycles. The Morgan fingerprint density at radius 2 is 1.95 bits per heavy atom. The van der Waals surface area contributed by atoms with E-state index in [0.29, 0.717) is 5.82 Å². The van der Waals surface area contributed by atoms with Crippen molar-refractivity contribution in [2.45, 2.75) is 40.0 Å². The number of alkyl halides is 2. The third-order valence-electron chi connectivity index (χ3n) is 3.29. The Morgan fingerprint density at radius 3 is 2.48 bits per heavy atom. The average Bonchev–Trinajstić information content (AvgIpc) is 2.38. The fraction of sp³-hybridized carbons (Fsp3) is 0.400. The van der Waals surface area contributed by atoms with Crippen LogP contribution in [0.1, 0.15) is 36.1 Å². The van der Waals surface area contributed by atoms with Crippen LogP contribution in [0, 0.1) is 13.8 Å². The number of pyridine rings is 1. The molecule has 2 aromatic heterocycles. The van der Waals surface area contributed by atoms with Gasteiger partial charge in [0.2, 0.25) is 0 Å². The molecule has 4 nitrogen and oxygen atoms in total. The van der Waals surface area contributed by atoms with Gasteiger partial charge in [-0.2, -0.15) is 9.78 Å². The molecule has 112 valence electrons. The number of rotatable bonds is 3. The molecule has 0 atom stereocenters. The van der Waals surface area contributed by atoms with Gasteiger partial charge in [0.1, 0.15) is 0 Å². The Hall–Kier alpha value is -2.11. The van der Waals surface area contributed by atoms with Gasteiger partial charge >= 0.3 is 0 Å². The van der Waals surface area contributed by atoms with Crippen molar-refractivity contribution in [1.29, 1.82) is 0 Å². The first-order valence-corrected chi connectivity index (χ1v) is 6.68.